The highest BCUT2D eigenvalue weighted by molar-refractivity contribution is 6.33. The highest BCUT2D eigenvalue weighted by atomic mass is 16.5. The van der Waals surface area contributed by atoms with Gasteiger partial charge in [0.15, 0.2) is 0 Å². The zero-order valence-electron chi connectivity index (χ0n) is 8.42. The maximum absolute atomic E-state index is 11.1. The molecule has 0 aromatic rings. The van der Waals surface area contributed by atoms with Crippen molar-refractivity contribution in [1.29, 1.82) is 0 Å². The van der Waals surface area contributed by atoms with Gasteiger partial charge in [0.05, 0.1) is 6.26 Å². The molecule has 0 atom stereocenters. The fourth-order valence-electron chi connectivity index (χ4n) is 0.732. The Kier molecular flexibility index (Phi) is 4.38. The van der Waals surface area contributed by atoms with Crippen LogP contribution in [0.25, 0.3) is 0 Å². The van der Waals surface area contributed by atoms with Gasteiger partial charge in [0.2, 0.25) is 5.78 Å². The van der Waals surface area contributed by atoms with Crippen LogP contribution in [0.2, 0.25) is 0 Å². The first-order valence-corrected chi connectivity index (χ1v) is 4.21. The molecule has 3 nitrogen and oxygen atoms in total. The summed E-state index contributed by atoms with van der Waals surface area (Å²) in [6.07, 6.45) is 1.88. The second-order valence-electron chi connectivity index (χ2n) is 4.06. The smallest absolute Gasteiger partial charge is 0.379 e. The first kappa shape index (κ1) is 11.9. The van der Waals surface area contributed by atoms with E-state index in [0.717, 1.165) is 6.26 Å². The van der Waals surface area contributed by atoms with E-state index >= 15 is 0 Å². The Hall–Kier alpha value is -1.12. The van der Waals surface area contributed by atoms with Gasteiger partial charge in [-0.15, -0.1) is 0 Å². The van der Waals surface area contributed by atoms with Crippen LogP contribution in [0.3, 0.4) is 0 Å². The Balaban J connectivity index is 3.88. The fourth-order valence-corrected chi connectivity index (χ4v) is 0.732. The van der Waals surface area contributed by atoms with Crippen molar-refractivity contribution in [1.82, 2.24) is 0 Å². The molecule has 0 aromatic carbocycles. The summed E-state index contributed by atoms with van der Waals surface area (Å²) in [5, 5.41) is 0. The number of carbonyl (C=O) groups is 2. The van der Waals surface area contributed by atoms with E-state index in [0.29, 0.717) is 6.42 Å². The fraction of sp³-hybridized carbons (Fsp3) is 0.600. The lowest BCUT2D eigenvalue weighted by Crippen LogP contribution is -2.17. The van der Waals surface area contributed by atoms with Crippen LogP contribution >= 0.6 is 0 Å². The van der Waals surface area contributed by atoms with Crippen molar-refractivity contribution in [2.24, 2.45) is 5.41 Å². The number of hydrogen-bond acceptors (Lipinski definition) is 3. The molecule has 0 aliphatic heterocycles. The topological polar surface area (TPSA) is 43.4 Å². The quantitative estimate of drug-likeness (QED) is 0.381. The van der Waals surface area contributed by atoms with Crippen molar-refractivity contribution < 1.29 is 14.3 Å². The molecule has 0 radical (unpaired) electrons. The van der Waals surface area contributed by atoms with Gasteiger partial charge in [0.25, 0.3) is 0 Å². The van der Waals surface area contributed by atoms with Crippen molar-refractivity contribution in [2.75, 3.05) is 0 Å². The van der Waals surface area contributed by atoms with Crippen LogP contribution in [0.15, 0.2) is 12.8 Å². The zero-order chi connectivity index (χ0) is 10.5. The van der Waals surface area contributed by atoms with Crippen LogP contribution in [-0.2, 0) is 14.3 Å². The minimum atomic E-state index is -0.820. The van der Waals surface area contributed by atoms with Crippen molar-refractivity contribution in [3.05, 3.63) is 12.8 Å². The van der Waals surface area contributed by atoms with Gasteiger partial charge < -0.3 is 4.74 Å². The minimum absolute atomic E-state index is 0.0596. The monoisotopic (exact) mass is 184 g/mol. The maximum Gasteiger partial charge on any atom is 0.379 e. The molecule has 0 rings (SSSR count). The normalized spacial score (nSPS) is 10.7. The Morgan fingerprint density at radius 3 is 2.31 bits per heavy atom. The van der Waals surface area contributed by atoms with Crippen LogP contribution in [0.4, 0.5) is 0 Å². The summed E-state index contributed by atoms with van der Waals surface area (Å²) >= 11 is 0. The highest BCUT2D eigenvalue weighted by Crippen LogP contribution is 2.20. The van der Waals surface area contributed by atoms with Gasteiger partial charge in [-0.3, -0.25) is 4.79 Å². The predicted molar refractivity (Wildman–Crippen MR) is 50.0 cm³/mol. The lowest BCUT2D eigenvalue weighted by molar-refractivity contribution is -0.149. The Morgan fingerprint density at radius 2 is 1.92 bits per heavy atom. The van der Waals surface area contributed by atoms with Crippen molar-refractivity contribution in [3.8, 4) is 0 Å². The van der Waals surface area contributed by atoms with Gasteiger partial charge in [0, 0.05) is 6.42 Å². The molecule has 0 saturated heterocycles. The van der Waals surface area contributed by atoms with E-state index in [1.165, 1.54) is 0 Å². The van der Waals surface area contributed by atoms with Crippen LogP contribution in [0, 0.1) is 5.41 Å². The zero-order valence-corrected chi connectivity index (χ0v) is 8.42. The Morgan fingerprint density at radius 1 is 1.38 bits per heavy atom. The molecular formula is C10H16O3. The molecule has 0 saturated carbocycles. The second kappa shape index (κ2) is 4.80. The summed E-state index contributed by atoms with van der Waals surface area (Å²) in [5.41, 5.74) is 0.0596. The van der Waals surface area contributed by atoms with E-state index in [9.17, 15) is 9.59 Å². The molecule has 3 heteroatoms. The van der Waals surface area contributed by atoms with E-state index in [2.05, 4.69) is 11.3 Å². The number of carbonyl (C=O) groups excluding carboxylic acids is 2. The summed E-state index contributed by atoms with van der Waals surface area (Å²) in [4.78, 5) is 21.9. The predicted octanol–water partition coefficient (Wildman–Crippen LogP) is 2.07. The highest BCUT2D eigenvalue weighted by Gasteiger charge is 2.18. The number of ether oxygens (including phenoxy) is 1. The van der Waals surface area contributed by atoms with E-state index in [4.69, 9.17) is 0 Å². The molecule has 0 unspecified atom stereocenters. The van der Waals surface area contributed by atoms with Crippen molar-refractivity contribution in [3.63, 3.8) is 0 Å². The number of esters is 1. The lowest BCUT2D eigenvalue weighted by atomic mass is 9.89. The molecule has 0 bridgehead atoms. The summed E-state index contributed by atoms with van der Waals surface area (Å²) < 4.78 is 4.34. The largest absolute Gasteiger partial charge is 0.429 e. The summed E-state index contributed by atoms with van der Waals surface area (Å²) in [6, 6.07) is 0. The third-order valence-electron chi connectivity index (χ3n) is 1.52. The molecule has 0 aromatic heterocycles. The molecule has 0 amide bonds. The summed E-state index contributed by atoms with van der Waals surface area (Å²) in [5.74, 6) is -1.31. The average Bonchev–Trinajstić information content (AvgIpc) is 1.99. The van der Waals surface area contributed by atoms with Crippen molar-refractivity contribution in [2.45, 2.75) is 33.6 Å². The number of rotatable bonds is 4. The lowest BCUT2D eigenvalue weighted by Gasteiger charge is -2.16. The number of hydrogen-bond donors (Lipinski definition) is 0. The van der Waals surface area contributed by atoms with Gasteiger partial charge in [-0.05, 0) is 11.8 Å². The van der Waals surface area contributed by atoms with Crippen LogP contribution in [-0.4, -0.2) is 11.8 Å². The van der Waals surface area contributed by atoms with E-state index in [-0.39, 0.29) is 11.8 Å². The molecule has 0 aliphatic carbocycles. The molecule has 0 fully saturated rings. The van der Waals surface area contributed by atoms with Gasteiger partial charge in [0.1, 0.15) is 0 Å². The van der Waals surface area contributed by atoms with Crippen molar-refractivity contribution >= 4 is 11.8 Å². The molecule has 0 heterocycles. The third kappa shape index (κ3) is 6.08. The molecular weight excluding hydrogens is 168 g/mol. The number of ketones is 1. The first-order valence-electron chi connectivity index (χ1n) is 4.21. The van der Waals surface area contributed by atoms with Gasteiger partial charge >= 0.3 is 5.97 Å². The molecule has 13 heavy (non-hydrogen) atoms. The summed E-state index contributed by atoms with van der Waals surface area (Å²) in [6.45, 7) is 9.24. The van der Waals surface area contributed by atoms with Crippen LogP contribution < -0.4 is 0 Å². The van der Waals surface area contributed by atoms with Gasteiger partial charge in [-0.2, -0.15) is 0 Å². The van der Waals surface area contributed by atoms with Crippen LogP contribution in [0.5, 0.6) is 0 Å². The standard InChI is InChI=1S/C10H16O3/c1-5-13-9(12)8(11)6-7-10(2,3)4/h5H,1,6-7H2,2-4H3. The molecule has 74 valence electrons. The van der Waals surface area contributed by atoms with E-state index < -0.39 is 11.8 Å². The third-order valence-corrected chi connectivity index (χ3v) is 1.52. The molecule has 0 spiro atoms. The maximum atomic E-state index is 11.1. The number of Topliss-reactive ketones (excluding diaryl/α,β-unsaturated/α-hetero) is 1. The van der Waals surface area contributed by atoms with E-state index in [1.807, 2.05) is 20.8 Å². The van der Waals surface area contributed by atoms with Gasteiger partial charge in [-0.1, -0.05) is 27.4 Å². The minimum Gasteiger partial charge on any atom is -0.429 e. The second-order valence-corrected chi connectivity index (χ2v) is 4.06. The Labute approximate surface area is 78.8 Å². The summed E-state index contributed by atoms with van der Waals surface area (Å²) in [7, 11) is 0. The molecule has 0 N–H and O–H groups in total. The Bertz CT molecular complexity index is 211. The molecule has 0 aliphatic rings. The SMILES string of the molecule is C=COC(=O)C(=O)CCC(C)(C)C. The van der Waals surface area contributed by atoms with Gasteiger partial charge in [-0.25, -0.2) is 4.79 Å². The first-order chi connectivity index (χ1) is 5.87. The van der Waals surface area contributed by atoms with Crippen LogP contribution in [0.1, 0.15) is 33.6 Å². The average molecular weight is 184 g/mol. The van der Waals surface area contributed by atoms with E-state index in [1.54, 1.807) is 0 Å².